The van der Waals surface area contributed by atoms with Crippen LogP contribution in [0.25, 0.3) is 0 Å². The van der Waals surface area contributed by atoms with Gasteiger partial charge in [-0.25, -0.2) is 0 Å². The van der Waals surface area contributed by atoms with Gasteiger partial charge in [0.15, 0.2) is 5.96 Å². The van der Waals surface area contributed by atoms with Gasteiger partial charge in [0.1, 0.15) is 0 Å². The number of likely N-dealkylation sites (tertiary alicyclic amines) is 1. The molecule has 6 heteroatoms. The summed E-state index contributed by atoms with van der Waals surface area (Å²) in [6.45, 7) is 8.62. The Bertz CT molecular complexity index is 629. The average Bonchev–Trinajstić information content (AvgIpc) is 3.29. The molecule has 3 rings (SSSR count). The van der Waals surface area contributed by atoms with Crippen LogP contribution in [-0.2, 0) is 22.6 Å². The van der Waals surface area contributed by atoms with E-state index in [2.05, 4.69) is 51.7 Å². The van der Waals surface area contributed by atoms with Crippen LogP contribution in [0, 0.1) is 0 Å². The van der Waals surface area contributed by atoms with Crippen molar-refractivity contribution in [1.29, 1.82) is 0 Å². The van der Waals surface area contributed by atoms with Gasteiger partial charge in [-0.2, -0.15) is 0 Å². The van der Waals surface area contributed by atoms with E-state index in [0.29, 0.717) is 12.1 Å². The lowest BCUT2D eigenvalue weighted by Crippen LogP contribution is -2.37. The van der Waals surface area contributed by atoms with Gasteiger partial charge in [0.05, 0.1) is 12.7 Å². The molecule has 0 bridgehead atoms. The van der Waals surface area contributed by atoms with E-state index in [-0.39, 0.29) is 0 Å². The Labute approximate surface area is 182 Å². The molecular formula is C24H40N4O2. The highest BCUT2D eigenvalue weighted by Crippen LogP contribution is 2.19. The van der Waals surface area contributed by atoms with Gasteiger partial charge in [-0.15, -0.1) is 0 Å². The number of nitrogens with one attached hydrogen (secondary N) is 2. The van der Waals surface area contributed by atoms with Gasteiger partial charge in [-0.3, -0.25) is 9.89 Å². The summed E-state index contributed by atoms with van der Waals surface area (Å²) in [6.07, 6.45) is 7.60. The van der Waals surface area contributed by atoms with Crippen molar-refractivity contribution < 1.29 is 9.47 Å². The second-order valence-electron chi connectivity index (χ2n) is 8.55. The second-order valence-corrected chi connectivity index (χ2v) is 8.55. The molecule has 6 nitrogen and oxygen atoms in total. The fourth-order valence-electron chi connectivity index (χ4n) is 4.17. The SMILES string of the molecule is CN=C(NCCCOCC1CCCO1)NCc1ccc(CN2CCCCC2C)cc1. The standard InChI is InChI=1S/C24H40N4O2/c1-20-7-3-4-14-28(20)18-22-11-9-21(10-12-22)17-27-24(25-2)26-13-6-15-29-19-23-8-5-16-30-23/h9-12,20,23H,3-8,13-19H2,1-2H3,(H2,25,26,27). The van der Waals surface area contributed by atoms with Crippen molar-refractivity contribution in [3.05, 3.63) is 35.4 Å². The molecule has 168 valence electrons. The molecule has 1 aromatic carbocycles. The molecule has 30 heavy (non-hydrogen) atoms. The summed E-state index contributed by atoms with van der Waals surface area (Å²) >= 11 is 0. The lowest BCUT2D eigenvalue weighted by atomic mass is 10.0. The van der Waals surface area contributed by atoms with Crippen LogP contribution in [0.15, 0.2) is 29.3 Å². The quantitative estimate of drug-likeness (QED) is 0.348. The largest absolute Gasteiger partial charge is 0.379 e. The molecule has 2 N–H and O–H groups in total. The van der Waals surface area contributed by atoms with E-state index in [1.165, 1.54) is 36.9 Å². The fraction of sp³-hybridized carbons (Fsp3) is 0.708. The Morgan fingerprint density at radius 2 is 1.97 bits per heavy atom. The number of benzene rings is 1. The Kier molecular flexibility index (Phi) is 9.93. The smallest absolute Gasteiger partial charge is 0.191 e. The minimum absolute atomic E-state index is 0.307. The summed E-state index contributed by atoms with van der Waals surface area (Å²) in [6, 6.07) is 9.68. The third kappa shape index (κ3) is 7.89. The normalized spacial score (nSPS) is 22.9. The maximum Gasteiger partial charge on any atom is 0.191 e. The molecule has 0 amide bonds. The van der Waals surface area contributed by atoms with E-state index >= 15 is 0 Å². The Morgan fingerprint density at radius 3 is 2.70 bits per heavy atom. The number of hydrogen-bond donors (Lipinski definition) is 2. The van der Waals surface area contributed by atoms with Gasteiger partial charge in [-0.1, -0.05) is 30.7 Å². The minimum atomic E-state index is 0.307. The summed E-state index contributed by atoms with van der Waals surface area (Å²) in [5.41, 5.74) is 2.67. The number of rotatable bonds is 10. The first kappa shape index (κ1) is 23.0. The molecule has 0 aliphatic carbocycles. The molecule has 2 aliphatic heterocycles. The number of nitrogens with zero attached hydrogens (tertiary/aromatic N) is 2. The summed E-state index contributed by atoms with van der Waals surface area (Å²) in [7, 11) is 1.81. The third-order valence-corrected chi connectivity index (χ3v) is 6.12. The van der Waals surface area contributed by atoms with Crippen LogP contribution in [0.1, 0.15) is 56.6 Å². The molecule has 2 heterocycles. The first-order chi connectivity index (χ1) is 14.7. The van der Waals surface area contributed by atoms with Crippen LogP contribution in [-0.4, -0.2) is 63.0 Å². The van der Waals surface area contributed by atoms with Gasteiger partial charge in [0.25, 0.3) is 0 Å². The highest BCUT2D eigenvalue weighted by atomic mass is 16.5. The van der Waals surface area contributed by atoms with Crippen molar-refractivity contribution in [3.8, 4) is 0 Å². The first-order valence-corrected chi connectivity index (χ1v) is 11.7. The average molecular weight is 417 g/mol. The highest BCUT2D eigenvalue weighted by Gasteiger charge is 2.18. The number of hydrogen-bond acceptors (Lipinski definition) is 4. The number of guanidine groups is 1. The summed E-state index contributed by atoms with van der Waals surface area (Å²) in [5, 5.41) is 6.76. The molecule has 0 radical (unpaired) electrons. The first-order valence-electron chi connectivity index (χ1n) is 11.7. The van der Waals surface area contributed by atoms with Crippen LogP contribution in [0.3, 0.4) is 0 Å². The van der Waals surface area contributed by atoms with E-state index in [4.69, 9.17) is 9.47 Å². The Balaban J connectivity index is 1.29. The van der Waals surface area contributed by atoms with E-state index < -0.39 is 0 Å². The van der Waals surface area contributed by atoms with Gasteiger partial charge in [0.2, 0.25) is 0 Å². The van der Waals surface area contributed by atoms with E-state index in [1.807, 2.05) is 7.05 Å². The zero-order valence-electron chi connectivity index (χ0n) is 18.9. The van der Waals surface area contributed by atoms with Crippen LogP contribution in [0.4, 0.5) is 0 Å². The summed E-state index contributed by atoms with van der Waals surface area (Å²) in [4.78, 5) is 6.92. The molecule has 2 atom stereocenters. The van der Waals surface area contributed by atoms with E-state index in [1.54, 1.807) is 0 Å². The number of piperidine rings is 1. The topological polar surface area (TPSA) is 58.1 Å². The van der Waals surface area contributed by atoms with Crippen molar-refractivity contribution >= 4 is 5.96 Å². The third-order valence-electron chi connectivity index (χ3n) is 6.12. The summed E-state index contributed by atoms with van der Waals surface area (Å²) in [5.74, 6) is 0.834. The lowest BCUT2D eigenvalue weighted by molar-refractivity contribution is 0.0168. The lowest BCUT2D eigenvalue weighted by Gasteiger charge is -2.33. The zero-order valence-corrected chi connectivity index (χ0v) is 18.9. The van der Waals surface area contributed by atoms with Gasteiger partial charge >= 0.3 is 0 Å². The molecule has 0 saturated carbocycles. The molecule has 2 fully saturated rings. The summed E-state index contributed by atoms with van der Waals surface area (Å²) < 4.78 is 11.3. The Morgan fingerprint density at radius 1 is 1.13 bits per heavy atom. The van der Waals surface area contributed by atoms with Crippen molar-refractivity contribution in [2.75, 3.05) is 40.0 Å². The van der Waals surface area contributed by atoms with Crippen molar-refractivity contribution in [2.45, 2.75) is 70.7 Å². The minimum Gasteiger partial charge on any atom is -0.379 e. The highest BCUT2D eigenvalue weighted by molar-refractivity contribution is 5.79. The van der Waals surface area contributed by atoms with Crippen LogP contribution in [0.5, 0.6) is 0 Å². The van der Waals surface area contributed by atoms with Gasteiger partial charge in [-0.05, 0) is 56.7 Å². The monoisotopic (exact) mass is 416 g/mol. The van der Waals surface area contributed by atoms with Crippen molar-refractivity contribution in [2.24, 2.45) is 4.99 Å². The zero-order chi connectivity index (χ0) is 21.0. The van der Waals surface area contributed by atoms with Crippen LogP contribution in [0.2, 0.25) is 0 Å². The van der Waals surface area contributed by atoms with Crippen molar-refractivity contribution in [1.82, 2.24) is 15.5 Å². The van der Waals surface area contributed by atoms with Crippen molar-refractivity contribution in [3.63, 3.8) is 0 Å². The predicted octanol–water partition coefficient (Wildman–Crippen LogP) is 3.31. The predicted molar refractivity (Wildman–Crippen MR) is 123 cm³/mol. The molecule has 2 unspecified atom stereocenters. The maximum absolute atomic E-state index is 5.71. The van der Waals surface area contributed by atoms with Gasteiger partial charge < -0.3 is 20.1 Å². The molecular weight excluding hydrogens is 376 g/mol. The molecule has 2 aliphatic rings. The van der Waals surface area contributed by atoms with E-state index in [0.717, 1.165) is 64.7 Å². The molecule has 0 aromatic heterocycles. The molecule has 1 aromatic rings. The second kappa shape index (κ2) is 12.9. The van der Waals surface area contributed by atoms with Gasteiger partial charge in [0, 0.05) is 45.9 Å². The number of aliphatic imine (C=N–C) groups is 1. The van der Waals surface area contributed by atoms with Crippen LogP contribution >= 0.6 is 0 Å². The molecule has 0 spiro atoms. The maximum atomic E-state index is 5.71. The van der Waals surface area contributed by atoms with E-state index in [9.17, 15) is 0 Å². The number of ether oxygens (including phenoxy) is 2. The Hall–Kier alpha value is -1.63. The fourth-order valence-corrected chi connectivity index (χ4v) is 4.17. The van der Waals surface area contributed by atoms with Crippen LogP contribution < -0.4 is 10.6 Å². The molecule has 2 saturated heterocycles.